The molecule has 2 aliphatic heterocycles. The van der Waals surface area contributed by atoms with Gasteiger partial charge >= 0.3 is 6.18 Å². The number of hydrogen-bond acceptors (Lipinski definition) is 7. The first-order valence-electron chi connectivity index (χ1n) is 11.3. The zero-order valence-corrected chi connectivity index (χ0v) is 19.6. The first-order valence-corrected chi connectivity index (χ1v) is 11.3. The number of anilines is 1. The lowest BCUT2D eigenvalue weighted by Crippen LogP contribution is -2.45. The number of aromatic nitrogens is 1. The number of methoxy groups -OCH3 is 1. The predicted octanol–water partition coefficient (Wildman–Crippen LogP) is 3.37. The van der Waals surface area contributed by atoms with Crippen molar-refractivity contribution in [3.05, 3.63) is 46.3 Å². The smallest absolute Gasteiger partial charge is 0.396 e. The molecule has 0 aliphatic carbocycles. The molecule has 1 amide bonds. The Kier molecular flexibility index (Phi) is 6.79. The number of aliphatic hydroxyl groups is 1. The minimum absolute atomic E-state index is 0.0956. The monoisotopic (exact) mass is 492 g/mol. The summed E-state index contributed by atoms with van der Waals surface area (Å²) in [4.78, 5) is 16.8. The van der Waals surface area contributed by atoms with Crippen LogP contribution in [-0.4, -0.2) is 61.0 Å². The summed E-state index contributed by atoms with van der Waals surface area (Å²) in [5, 5.41) is 23.1. The molecular formula is C24H27F3N4O4. The zero-order valence-electron chi connectivity index (χ0n) is 19.6. The number of benzene rings is 1. The van der Waals surface area contributed by atoms with Crippen molar-refractivity contribution in [2.24, 2.45) is 11.3 Å². The first-order chi connectivity index (χ1) is 16.6. The molecule has 0 radical (unpaired) electrons. The molecule has 0 saturated carbocycles. The molecule has 1 unspecified atom stereocenters. The SMILES string of the molecule is COCc1c(C(=O)N2CC(CO)C3(CCN(c4ccc(C#N)c(C(F)(F)F)c4)CC3)C2)noc1C. The van der Waals surface area contributed by atoms with Crippen LogP contribution in [0.15, 0.2) is 22.7 Å². The second kappa shape index (κ2) is 9.51. The van der Waals surface area contributed by atoms with Crippen LogP contribution in [0, 0.1) is 29.6 Å². The highest BCUT2D eigenvalue weighted by atomic mass is 19.4. The van der Waals surface area contributed by atoms with Gasteiger partial charge in [-0.1, -0.05) is 5.16 Å². The first kappa shape index (κ1) is 25.0. The van der Waals surface area contributed by atoms with E-state index in [-0.39, 0.29) is 36.1 Å². The van der Waals surface area contributed by atoms with Gasteiger partial charge in [-0.25, -0.2) is 0 Å². The van der Waals surface area contributed by atoms with Gasteiger partial charge in [-0.05, 0) is 43.4 Å². The molecule has 8 nitrogen and oxygen atoms in total. The van der Waals surface area contributed by atoms with E-state index in [9.17, 15) is 23.1 Å². The van der Waals surface area contributed by atoms with Gasteiger partial charge in [-0.15, -0.1) is 0 Å². The number of alkyl halides is 3. The van der Waals surface area contributed by atoms with Crippen molar-refractivity contribution in [3.63, 3.8) is 0 Å². The van der Waals surface area contributed by atoms with E-state index in [0.717, 1.165) is 6.07 Å². The summed E-state index contributed by atoms with van der Waals surface area (Å²) in [7, 11) is 1.52. The maximum absolute atomic E-state index is 13.4. The molecule has 11 heteroatoms. The molecule has 1 spiro atoms. The number of carbonyl (C=O) groups is 1. The van der Waals surface area contributed by atoms with Crippen LogP contribution in [0.4, 0.5) is 18.9 Å². The molecule has 1 N–H and O–H groups in total. The number of amides is 1. The normalized spacial score (nSPS) is 19.9. The highest BCUT2D eigenvalue weighted by Gasteiger charge is 2.49. The molecular weight excluding hydrogens is 465 g/mol. The van der Waals surface area contributed by atoms with Gasteiger partial charge in [0.25, 0.3) is 5.91 Å². The maximum atomic E-state index is 13.4. The van der Waals surface area contributed by atoms with Crippen LogP contribution >= 0.6 is 0 Å². The van der Waals surface area contributed by atoms with Gasteiger partial charge in [0.2, 0.25) is 0 Å². The van der Waals surface area contributed by atoms with Crippen LogP contribution < -0.4 is 4.90 Å². The van der Waals surface area contributed by atoms with Gasteiger partial charge in [-0.3, -0.25) is 4.79 Å². The Bertz CT molecular complexity index is 1130. The summed E-state index contributed by atoms with van der Waals surface area (Å²) in [6.45, 7) is 3.54. The number of nitrogens with zero attached hydrogens (tertiary/aromatic N) is 4. The number of piperidine rings is 1. The maximum Gasteiger partial charge on any atom is 0.417 e. The van der Waals surface area contributed by atoms with Crippen molar-refractivity contribution < 1.29 is 32.3 Å². The number of rotatable bonds is 5. The van der Waals surface area contributed by atoms with Crippen molar-refractivity contribution in [2.45, 2.75) is 32.5 Å². The van der Waals surface area contributed by atoms with Gasteiger partial charge in [0.05, 0.1) is 29.4 Å². The number of ether oxygens (including phenoxy) is 1. The zero-order chi connectivity index (χ0) is 25.4. The minimum Gasteiger partial charge on any atom is -0.396 e. The third-order valence-corrected chi connectivity index (χ3v) is 7.35. The summed E-state index contributed by atoms with van der Waals surface area (Å²) < 4.78 is 50.6. The van der Waals surface area contributed by atoms with E-state index in [1.165, 1.54) is 19.2 Å². The molecule has 1 aromatic carbocycles. The van der Waals surface area contributed by atoms with Crippen LogP contribution in [0.1, 0.15) is 45.8 Å². The van der Waals surface area contributed by atoms with Gasteiger partial charge in [0, 0.05) is 51.5 Å². The lowest BCUT2D eigenvalue weighted by Gasteiger charge is -2.43. The Labute approximate surface area is 200 Å². The average molecular weight is 492 g/mol. The van der Waals surface area contributed by atoms with Crippen molar-refractivity contribution >= 4 is 11.6 Å². The fourth-order valence-corrected chi connectivity index (χ4v) is 5.30. The van der Waals surface area contributed by atoms with E-state index in [1.807, 2.05) is 4.90 Å². The van der Waals surface area contributed by atoms with Gasteiger partial charge in [0.15, 0.2) is 5.69 Å². The van der Waals surface area contributed by atoms with Crippen LogP contribution in [0.5, 0.6) is 0 Å². The van der Waals surface area contributed by atoms with Crippen LogP contribution in [0.25, 0.3) is 0 Å². The van der Waals surface area contributed by atoms with E-state index in [4.69, 9.17) is 14.5 Å². The Balaban J connectivity index is 1.51. The lowest BCUT2D eigenvalue weighted by atomic mass is 9.71. The number of aliphatic hydroxyl groups excluding tert-OH is 1. The van der Waals surface area contributed by atoms with E-state index in [1.54, 1.807) is 17.9 Å². The predicted molar refractivity (Wildman–Crippen MR) is 118 cm³/mol. The second-order valence-electron chi connectivity index (χ2n) is 9.25. The summed E-state index contributed by atoms with van der Waals surface area (Å²) >= 11 is 0. The molecule has 3 heterocycles. The summed E-state index contributed by atoms with van der Waals surface area (Å²) in [5.74, 6) is 0.0736. The topological polar surface area (TPSA) is 103 Å². The molecule has 0 bridgehead atoms. The molecule has 1 aromatic heterocycles. The molecule has 2 aliphatic rings. The highest BCUT2D eigenvalue weighted by molar-refractivity contribution is 5.94. The minimum atomic E-state index is -4.62. The molecule has 35 heavy (non-hydrogen) atoms. The molecule has 4 rings (SSSR count). The standard InChI is InChI=1S/C24H27F3N4O4/c1-15-19(13-34-2)21(29-35-15)22(33)31-11-17(12-32)23(14-31)5-7-30(8-6-23)18-4-3-16(10-28)20(9-18)24(25,26)27/h3-4,9,17,32H,5-8,11-14H2,1-2H3. The lowest BCUT2D eigenvalue weighted by molar-refractivity contribution is -0.137. The summed E-state index contributed by atoms with van der Waals surface area (Å²) in [5.41, 5.74) is -0.502. The Morgan fingerprint density at radius 3 is 2.69 bits per heavy atom. The van der Waals surface area contributed by atoms with Crippen molar-refractivity contribution in [1.82, 2.24) is 10.1 Å². The van der Waals surface area contributed by atoms with E-state index >= 15 is 0 Å². The summed E-state index contributed by atoms with van der Waals surface area (Å²) in [6.07, 6.45) is -3.41. The molecule has 2 fully saturated rings. The van der Waals surface area contributed by atoms with E-state index in [0.29, 0.717) is 56.0 Å². The molecule has 188 valence electrons. The molecule has 2 aromatic rings. The third-order valence-electron chi connectivity index (χ3n) is 7.35. The number of likely N-dealkylation sites (tertiary alicyclic amines) is 1. The van der Waals surface area contributed by atoms with Gasteiger partial charge in [0.1, 0.15) is 5.76 Å². The van der Waals surface area contributed by atoms with Crippen molar-refractivity contribution in [1.29, 1.82) is 5.26 Å². The third kappa shape index (κ3) is 4.60. The van der Waals surface area contributed by atoms with Gasteiger partial charge in [-0.2, -0.15) is 18.4 Å². The fraction of sp³-hybridized carbons (Fsp3) is 0.542. The number of aryl methyl sites for hydroxylation is 1. The Morgan fingerprint density at radius 1 is 1.37 bits per heavy atom. The highest BCUT2D eigenvalue weighted by Crippen LogP contribution is 2.46. The number of hydrogen-bond donors (Lipinski definition) is 1. The van der Waals surface area contributed by atoms with Crippen LogP contribution in [-0.2, 0) is 17.5 Å². The molecule has 1 atom stereocenters. The average Bonchev–Trinajstić information content (AvgIpc) is 3.39. The number of carbonyl (C=O) groups excluding carboxylic acids is 1. The van der Waals surface area contributed by atoms with Gasteiger partial charge < -0.3 is 24.2 Å². The largest absolute Gasteiger partial charge is 0.417 e. The van der Waals surface area contributed by atoms with Crippen LogP contribution in [0.2, 0.25) is 0 Å². The Morgan fingerprint density at radius 2 is 2.09 bits per heavy atom. The molecule has 2 saturated heterocycles. The number of nitriles is 1. The second-order valence-corrected chi connectivity index (χ2v) is 9.25. The summed E-state index contributed by atoms with van der Waals surface area (Å²) in [6, 6.07) is 5.36. The van der Waals surface area contributed by atoms with Crippen molar-refractivity contribution in [2.75, 3.05) is 44.8 Å². The van der Waals surface area contributed by atoms with E-state index < -0.39 is 17.3 Å². The van der Waals surface area contributed by atoms with Crippen LogP contribution in [0.3, 0.4) is 0 Å². The quantitative estimate of drug-likeness (QED) is 0.683. The Hall–Kier alpha value is -3.10. The van der Waals surface area contributed by atoms with E-state index in [2.05, 4.69) is 5.16 Å². The fourth-order valence-electron chi connectivity index (χ4n) is 5.30. The number of halogens is 3. The van der Waals surface area contributed by atoms with Crippen molar-refractivity contribution in [3.8, 4) is 6.07 Å².